The zero-order chi connectivity index (χ0) is 23.7. The highest BCUT2D eigenvalue weighted by Gasteiger charge is 2.64. The van der Waals surface area contributed by atoms with Gasteiger partial charge in [0.1, 0.15) is 17.2 Å². The second-order valence-electron chi connectivity index (χ2n) is 8.93. The summed E-state index contributed by atoms with van der Waals surface area (Å²) in [7, 11) is 4.73. The Kier molecular flexibility index (Phi) is 4.72. The molecule has 7 nitrogen and oxygen atoms in total. The average Bonchev–Trinajstić information content (AvgIpc) is 3.27. The molecule has 3 aliphatic heterocycles. The van der Waals surface area contributed by atoms with Crippen LogP contribution < -0.4 is 24.0 Å². The van der Waals surface area contributed by atoms with Crippen molar-refractivity contribution in [3.63, 3.8) is 0 Å². The number of fused-ring (bicyclic) bond motifs is 1. The molecule has 1 spiro atoms. The quantitative estimate of drug-likeness (QED) is 0.673. The van der Waals surface area contributed by atoms with Crippen LogP contribution in [-0.2, 0) is 14.5 Å². The summed E-state index contributed by atoms with van der Waals surface area (Å²) in [6.45, 7) is 6.08. The Morgan fingerprint density at radius 2 is 1.48 bits per heavy atom. The van der Waals surface area contributed by atoms with E-state index in [0.717, 1.165) is 22.4 Å². The zero-order valence-corrected chi connectivity index (χ0v) is 20.3. The van der Waals surface area contributed by atoms with Crippen LogP contribution in [0.15, 0.2) is 36.4 Å². The number of nitrogens with zero attached hydrogens (tertiary/aromatic N) is 2. The van der Waals surface area contributed by atoms with Crippen LogP contribution in [0.4, 0.5) is 11.4 Å². The Morgan fingerprint density at radius 1 is 0.879 bits per heavy atom. The molecule has 1 fully saturated rings. The van der Waals surface area contributed by atoms with Gasteiger partial charge in [-0.3, -0.25) is 19.4 Å². The fourth-order valence-corrected chi connectivity index (χ4v) is 6.51. The fraction of sp³-hybridized carbons (Fsp3) is 0.360. The summed E-state index contributed by atoms with van der Waals surface area (Å²) in [5.74, 6) is 1.62. The lowest BCUT2D eigenvalue weighted by atomic mass is 9.89. The minimum Gasteiger partial charge on any atom is -0.497 e. The lowest BCUT2D eigenvalue weighted by Gasteiger charge is -2.40. The summed E-state index contributed by atoms with van der Waals surface area (Å²) >= 11 is 1.34. The molecule has 0 radical (unpaired) electrons. The first kappa shape index (κ1) is 21.7. The minimum atomic E-state index is -1.25. The van der Waals surface area contributed by atoms with E-state index in [9.17, 15) is 9.59 Å². The van der Waals surface area contributed by atoms with Crippen LogP contribution in [0.3, 0.4) is 0 Å². The van der Waals surface area contributed by atoms with Gasteiger partial charge >= 0.3 is 0 Å². The van der Waals surface area contributed by atoms with Gasteiger partial charge < -0.3 is 14.2 Å². The smallest absolute Gasteiger partial charge is 0.269 e. The SMILES string of the molecule is COc1cc(OC)cc(N2C(=O)CS[C@@]23C(=O)N2c4c(cc(OC)cc43)C(C)=CC2(C)C)c1. The predicted octanol–water partition coefficient (Wildman–Crippen LogP) is 4.19. The van der Waals surface area contributed by atoms with Gasteiger partial charge in [0.2, 0.25) is 10.8 Å². The Bertz CT molecular complexity index is 1220. The molecule has 0 aromatic heterocycles. The summed E-state index contributed by atoms with van der Waals surface area (Å²) in [4.78, 5) is 29.9. The number of ether oxygens (including phenoxy) is 3. The number of methoxy groups -OCH3 is 3. The summed E-state index contributed by atoms with van der Waals surface area (Å²) < 4.78 is 16.5. The van der Waals surface area contributed by atoms with Gasteiger partial charge in [0, 0.05) is 29.3 Å². The first-order valence-electron chi connectivity index (χ1n) is 10.6. The topological polar surface area (TPSA) is 68.3 Å². The number of carbonyl (C=O) groups is 2. The van der Waals surface area contributed by atoms with E-state index in [-0.39, 0.29) is 17.6 Å². The number of benzene rings is 2. The Labute approximate surface area is 197 Å². The van der Waals surface area contributed by atoms with E-state index in [0.29, 0.717) is 22.9 Å². The second-order valence-corrected chi connectivity index (χ2v) is 10.1. The van der Waals surface area contributed by atoms with Crippen molar-refractivity contribution in [3.8, 4) is 17.2 Å². The molecule has 0 saturated carbocycles. The highest BCUT2D eigenvalue weighted by molar-refractivity contribution is 8.02. The van der Waals surface area contributed by atoms with Crippen molar-refractivity contribution in [1.29, 1.82) is 0 Å². The lowest BCUT2D eigenvalue weighted by Crippen LogP contribution is -2.54. The van der Waals surface area contributed by atoms with E-state index < -0.39 is 10.4 Å². The Balaban J connectivity index is 1.82. The van der Waals surface area contributed by atoms with Crippen molar-refractivity contribution in [1.82, 2.24) is 0 Å². The number of hydrogen-bond acceptors (Lipinski definition) is 6. The molecule has 0 unspecified atom stereocenters. The maximum absolute atomic E-state index is 14.3. The number of thioether (sulfide) groups is 1. The van der Waals surface area contributed by atoms with Crippen molar-refractivity contribution in [2.45, 2.75) is 31.2 Å². The van der Waals surface area contributed by atoms with Gasteiger partial charge in [-0.15, -0.1) is 11.8 Å². The maximum Gasteiger partial charge on any atom is 0.269 e. The van der Waals surface area contributed by atoms with Crippen molar-refractivity contribution < 1.29 is 23.8 Å². The minimum absolute atomic E-state index is 0.140. The highest BCUT2D eigenvalue weighted by atomic mass is 32.2. The van der Waals surface area contributed by atoms with E-state index in [4.69, 9.17) is 14.2 Å². The van der Waals surface area contributed by atoms with Crippen molar-refractivity contribution in [2.75, 3.05) is 36.9 Å². The fourth-order valence-electron chi connectivity index (χ4n) is 5.19. The Morgan fingerprint density at radius 3 is 2.09 bits per heavy atom. The molecule has 1 saturated heterocycles. The van der Waals surface area contributed by atoms with E-state index >= 15 is 0 Å². The van der Waals surface area contributed by atoms with E-state index in [2.05, 4.69) is 6.08 Å². The third-order valence-electron chi connectivity index (χ3n) is 6.53. The summed E-state index contributed by atoms with van der Waals surface area (Å²) in [5, 5.41) is 0. The molecule has 3 heterocycles. The summed E-state index contributed by atoms with van der Waals surface area (Å²) in [5.41, 5.74) is 3.61. The molecular formula is C25H26N2O5S. The summed E-state index contributed by atoms with van der Waals surface area (Å²) in [6, 6.07) is 9.12. The molecular weight excluding hydrogens is 440 g/mol. The van der Waals surface area contributed by atoms with E-state index in [1.54, 1.807) is 44.4 Å². The maximum atomic E-state index is 14.3. The predicted molar refractivity (Wildman–Crippen MR) is 129 cm³/mol. The number of hydrogen-bond donors (Lipinski definition) is 0. The molecule has 33 heavy (non-hydrogen) atoms. The van der Waals surface area contributed by atoms with Gasteiger partial charge in [0.05, 0.1) is 44.0 Å². The van der Waals surface area contributed by atoms with Gasteiger partial charge in [-0.2, -0.15) is 0 Å². The van der Waals surface area contributed by atoms with Crippen molar-refractivity contribution in [3.05, 3.63) is 47.5 Å². The van der Waals surface area contributed by atoms with Crippen LogP contribution in [0.5, 0.6) is 17.2 Å². The molecule has 2 aromatic carbocycles. The van der Waals surface area contributed by atoms with Crippen molar-refractivity contribution in [2.24, 2.45) is 0 Å². The number of carbonyl (C=O) groups excluding carboxylic acids is 2. The van der Waals surface area contributed by atoms with Gasteiger partial charge in [-0.1, -0.05) is 6.08 Å². The van der Waals surface area contributed by atoms with Crippen molar-refractivity contribution >= 4 is 40.5 Å². The number of allylic oxidation sites excluding steroid dienone is 1. The third kappa shape index (κ3) is 2.83. The van der Waals surface area contributed by atoms with Crippen LogP contribution in [0, 0.1) is 0 Å². The molecule has 0 bridgehead atoms. The highest BCUT2D eigenvalue weighted by Crippen LogP contribution is 2.61. The van der Waals surface area contributed by atoms with Gasteiger partial charge in [0.15, 0.2) is 0 Å². The number of rotatable bonds is 4. The molecule has 5 rings (SSSR count). The van der Waals surface area contributed by atoms with Crippen LogP contribution in [0.2, 0.25) is 0 Å². The van der Waals surface area contributed by atoms with Gasteiger partial charge in [-0.05, 0) is 38.5 Å². The van der Waals surface area contributed by atoms with Gasteiger partial charge in [0.25, 0.3) is 5.91 Å². The molecule has 3 aliphatic rings. The van der Waals surface area contributed by atoms with Crippen LogP contribution in [0.1, 0.15) is 31.9 Å². The standard InChI is InChI=1S/C25H26N2O5S/c1-14-12-24(2,3)27-22-19(14)10-18(32-6)11-20(22)25(23(27)29)26(21(28)13-33-25)15-7-16(30-4)9-17(8-15)31-5/h7-12H,13H2,1-6H3/t25-/m0/s1. The monoisotopic (exact) mass is 466 g/mol. The molecule has 0 aliphatic carbocycles. The van der Waals surface area contributed by atoms with Crippen LogP contribution in [0.25, 0.3) is 5.57 Å². The zero-order valence-electron chi connectivity index (χ0n) is 19.5. The normalized spacial score (nSPS) is 22.5. The lowest BCUT2D eigenvalue weighted by molar-refractivity contribution is -0.124. The Hall–Kier alpha value is -3.13. The molecule has 1 atom stereocenters. The average molecular weight is 467 g/mol. The molecule has 2 amide bonds. The summed E-state index contributed by atoms with van der Waals surface area (Å²) in [6.07, 6.45) is 2.09. The first-order chi connectivity index (χ1) is 15.7. The van der Waals surface area contributed by atoms with Crippen LogP contribution in [-0.4, -0.2) is 44.4 Å². The second kappa shape index (κ2) is 7.18. The molecule has 8 heteroatoms. The van der Waals surface area contributed by atoms with E-state index in [1.807, 2.05) is 37.8 Å². The molecule has 0 N–H and O–H groups in total. The van der Waals surface area contributed by atoms with E-state index in [1.165, 1.54) is 11.8 Å². The first-order valence-corrected chi connectivity index (χ1v) is 11.6. The number of anilines is 2. The molecule has 172 valence electrons. The van der Waals surface area contributed by atoms with Crippen LogP contribution >= 0.6 is 11.8 Å². The third-order valence-corrected chi connectivity index (χ3v) is 7.92. The molecule has 2 aromatic rings. The largest absolute Gasteiger partial charge is 0.497 e. The van der Waals surface area contributed by atoms with Gasteiger partial charge in [-0.25, -0.2) is 0 Å². The number of amides is 2.